The van der Waals surface area contributed by atoms with E-state index in [9.17, 15) is 4.79 Å². The van der Waals surface area contributed by atoms with Crippen molar-refractivity contribution >= 4 is 6.03 Å². The predicted molar refractivity (Wildman–Crippen MR) is 71.1 cm³/mol. The standard InChI is InChI=1S/C13H27N3O/c1-4-12(3)15-13(17)14-7-9-16-8-5-6-11(2)10-16/h11-12H,4-10H2,1-3H3,(H2,14,15,17). The summed E-state index contributed by atoms with van der Waals surface area (Å²) in [6.07, 6.45) is 3.61. The van der Waals surface area contributed by atoms with Crippen molar-refractivity contribution in [3.63, 3.8) is 0 Å². The molecule has 0 aliphatic carbocycles. The van der Waals surface area contributed by atoms with Gasteiger partial charge in [0.05, 0.1) is 0 Å². The lowest BCUT2D eigenvalue weighted by Crippen LogP contribution is -2.45. The molecule has 4 heteroatoms. The Balaban J connectivity index is 2.08. The van der Waals surface area contributed by atoms with Crippen molar-refractivity contribution in [3.05, 3.63) is 0 Å². The zero-order valence-corrected chi connectivity index (χ0v) is 11.5. The highest BCUT2D eigenvalue weighted by Crippen LogP contribution is 2.14. The fourth-order valence-corrected chi connectivity index (χ4v) is 2.19. The van der Waals surface area contributed by atoms with Gasteiger partial charge in [0.25, 0.3) is 0 Å². The number of nitrogens with one attached hydrogen (secondary N) is 2. The summed E-state index contributed by atoms with van der Waals surface area (Å²) in [5.41, 5.74) is 0. The second-order valence-electron chi connectivity index (χ2n) is 5.26. The topological polar surface area (TPSA) is 44.4 Å². The molecule has 0 radical (unpaired) electrons. The number of piperidine rings is 1. The Morgan fingerprint density at radius 2 is 2.29 bits per heavy atom. The van der Waals surface area contributed by atoms with Crippen LogP contribution in [0.3, 0.4) is 0 Å². The van der Waals surface area contributed by atoms with E-state index in [2.05, 4.69) is 29.4 Å². The van der Waals surface area contributed by atoms with Crippen LogP contribution in [0, 0.1) is 5.92 Å². The van der Waals surface area contributed by atoms with E-state index in [0.29, 0.717) is 0 Å². The molecular weight excluding hydrogens is 214 g/mol. The number of hydrogen-bond donors (Lipinski definition) is 2. The minimum Gasteiger partial charge on any atom is -0.337 e. The van der Waals surface area contributed by atoms with E-state index < -0.39 is 0 Å². The van der Waals surface area contributed by atoms with Crippen molar-refractivity contribution in [2.24, 2.45) is 5.92 Å². The quantitative estimate of drug-likeness (QED) is 0.771. The molecule has 1 saturated heterocycles. The number of likely N-dealkylation sites (tertiary alicyclic amines) is 1. The van der Waals surface area contributed by atoms with Crippen molar-refractivity contribution in [1.82, 2.24) is 15.5 Å². The molecule has 0 aromatic heterocycles. The number of rotatable bonds is 5. The van der Waals surface area contributed by atoms with Gasteiger partial charge in [-0.05, 0) is 38.6 Å². The van der Waals surface area contributed by atoms with E-state index in [0.717, 1.165) is 25.4 Å². The number of carbonyl (C=O) groups excluding carboxylic acids is 1. The summed E-state index contributed by atoms with van der Waals surface area (Å²) in [7, 11) is 0. The molecule has 1 heterocycles. The first-order chi connectivity index (χ1) is 8.11. The highest BCUT2D eigenvalue weighted by Gasteiger charge is 2.15. The fraction of sp³-hybridized carbons (Fsp3) is 0.923. The molecule has 2 unspecified atom stereocenters. The van der Waals surface area contributed by atoms with E-state index in [1.54, 1.807) is 0 Å². The normalized spacial score (nSPS) is 23.1. The first-order valence-corrected chi connectivity index (χ1v) is 6.88. The SMILES string of the molecule is CCC(C)NC(=O)NCCN1CCCC(C)C1. The molecule has 2 amide bonds. The Hall–Kier alpha value is -0.770. The average molecular weight is 241 g/mol. The summed E-state index contributed by atoms with van der Waals surface area (Å²) in [5.74, 6) is 0.803. The lowest BCUT2D eigenvalue weighted by molar-refractivity contribution is 0.183. The van der Waals surface area contributed by atoms with Crippen molar-refractivity contribution in [2.45, 2.75) is 46.1 Å². The second-order valence-corrected chi connectivity index (χ2v) is 5.26. The van der Waals surface area contributed by atoms with Gasteiger partial charge in [-0.3, -0.25) is 0 Å². The third-order valence-corrected chi connectivity index (χ3v) is 3.44. The molecule has 4 nitrogen and oxygen atoms in total. The molecule has 17 heavy (non-hydrogen) atoms. The Bertz CT molecular complexity index is 233. The zero-order valence-electron chi connectivity index (χ0n) is 11.5. The molecule has 0 aromatic rings. The molecule has 0 saturated carbocycles. The summed E-state index contributed by atoms with van der Waals surface area (Å²) in [6.45, 7) is 10.5. The Morgan fingerprint density at radius 3 is 2.94 bits per heavy atom. The van der Waals surface area contributed by atoms with Crippen LogP contribution < -0.4 is 10.6 Å². The van der Waals surface area contributed by atoms with Crippen LogP contribution in [0.1, 0.15) is 40.0 Å². The fourth-order valence-electron chi connectivity index (χ4n) is 2.19. The third kappa shape index (κ3) is 5.91. The van der Waals surface area contributed by atoms with Crippen LogP contribution in [-0.2, 0) is 0 Å². The van der Waals surface area contributed by atoms with Crippen LogP contribution in [0.15, 0.2) is 0 Å². The maximum absolute atomic E-state index is 11.5. The molecular formula is C13H27N3O. The van der Waals surface area contributed by atoms with Crippen LogP contribution in [0.25, 0.3) is 0 Å². The molecule has 1 fully saturated rings. The van der Waals surface area contributed by atoms with Gasteiger partial charge >= 0.3 is 6.03 Å². The van der Waals surface area contributed by atoms with E-state index in [1.165, 1.54) is 25.9 Å². The van der Waals surface area contributed by atoms with Crippen molar-refractivity contribution in [2.75, 3.05) is 26.2 Å². The molecule has 2 N–H and O–H groups in total. The van der Waals surface area contributed by atoms with Gasteiger partial charge in [0.15, 0.2) is 0 Å². The molecule has 1 aliphatic heterocycles. The molecule has 0 aromatic carbocycles. The van der Waals surface area contributed by atoms with Crippen LogP contribution in [0.4, 0.5) is 4.79 Å². The van der Waals surface area contributed by atoms with Crippen molar-refractivity contribution < 1.29 is 4.79 Å². The van der Waals surface area contributed by atoms with Gasteiger partial charge in [0.2, 0.25) is 0 Å². The number of nitrogens with zero attached hydrogens (tertiary/aromatic N) is 1. The van der Waals surface area contributed by atoms with Gasteiger partial charge in [0.1, 0.15) is 0 Å². The monoisotopic (exact) mass is 241 g/mol. The highest BCUT2D eigenvalue weighted by molar-refractivity contribution is 5.74. The number of urea groups is 1. The molecule has 2 atom stereocenters. The highest BCUT2D eigenvalue weighted by atomic mass is 16.2. The predicted octanol–water partition coefficient (Wildman–Crippen LogP) is 1.82. The summed E-state index contributed by atoms with van der Waals surface area (Å²) in [5, 5.41) is 5.83. The van der Waals surface area contributed by atoms with Crippen LogP contribution in [0.2, 0.25) is 0 Å². The van der Waals surface area contributed by atoms with E-state index >= 15 is 0 Å². The molecule has 0 bridgehead atoms. The summed E-state index contributed by atoms with van der Waals surface area (Å²) in [4.78, 5) is 13.9. The van der Waals surface area contributed by atoms with Gasteiger partial charge in [0, 0.05) is 25.7 Å². The minimum absolute atomic E-state index is 0.0376. The first kappa shape index (κ1) is 14.3. The molecule has 100 valence electrons. The Morgan fingerprint density at radius 1 is 1.53 bits per heavy atom. The average Bonchev–Trinajstić information content (AvgIpc) is 2.29. The summed E-state index contributed by atoms with van der Waals surface area (Å²) < 4.78 is 0. The van der Waals surface area contributed by atoms with Gasteiger partial charge in [-0.25, -0.2) is 4.79 Å². The molecule has 0 spiro atoms. The number of amides is 2. The van der Waals surface area contributed by atoms with Gasteiger partial charge in [-0.15, -0.1) is 0 Å². The van der Waals surface area contributed by atoms with Gasteiger partial charge in [-0.2, -0.15) is 0 Å². The van der Waals surface area contributed by atoms with Gasteiger partial charge in [-0.1, -0.05) is 13.8 Å². The maximum atomic E-state index is 11.5. The number of carbonyl (C=O) groups is 1. The van der Waals surface area contributed by atoms with Crippen molar-refractivity contribution in [1.29, 1.82) is 0 Å². The van der Waals surface area contributed by atoms with E-state index in [4.69, 9.17) is 0 Å². The van der Waals surface area contributed by atoms with E-state index in [-0.39, 0.29) is 12.1 Å². The Kier molecular flexibility index (Phi) is 6.34. The Labute approximate surface area is 105 Å². The molecule has 1 aliphatic rings. The first-order valence-electron chi connectivity index (χ1n) is 6.88. The zero-order chi connectivity index (χ0) is 12.7. The van der Waals surface area contributed by atoms with Crippen LogP contribution in [-0.4, -0.2) is 43.2 Å². The maximum Gasteiger partial charge on any atom is 0.315 e. The van der Waals surface area contributed by atoms with Crippen LogP contribution in [0.5, 0.6) is 0 Å². The summed E-state index contributed by atoms with van der Waals surface area (Å²) >= 11 is 0. The largest absolute Gasteiger partial charge is 0.337 e. The number of hydrogen-bond acceptors (Lipinski definition) is 2. The molecule has 1 rings (SSSR count). The van der Waals surface area contributed by atoms with E-state index in [1.807, 2.05) is 6.92 Å². The lowest BCUT2D eigenvalue weighted by atomic mass is 10.0. The summed E-state index contributed by atoms with van der Waals surface area (Å²) in [6, 6.07) is 0.217. The van der Waals surface area contributed by atoms with Crippen LogP contribution >= 0.6 is 0 Å². The lowest BCUT2D eigenvalue weighted by Gasteiger charge is -2.30. The smallest absolute Gasteiger partial charge is 0.315 e. The van der Waals surface area contributed by atoms with Gasteiger partial charge < -0.3 is 15.5 Å². The second kappa shape index (κ2) is 7.54. The van der Waals surface area contributed by atoms with Crippen molar-refractivity contribution in [3.8, 4) is 0 Å². The minimum atomic E-state index is -0.0376. The third-order valence-electron chi connectivity index (χ3n) is 3.44.